The van der Waals surface area contributed by atoms with Gasteiger partial charge in [0.1, 0.15) is 0 Å². The van der Waals surface area contributed by atoms with E-state index in [0.29, 0.717) is 0 Å². The molecule has 4 N–H and O–H groups in total. The van der Waals surface area contributed by atoms with Crippen LogP contribution in [0.4, 0.5) is 18.9 Å². The van der Waals surface area contributed by atoms with Gasteiger partial charge >= 0.3 is 6.36 Å². The third kappa shape index (κ3) is 3.49. The number of pyridine rings is 1. The molecule has 0 aromatic carbocycles. The Balaban J connectivity index is 3.20. The molecule has 0 bridgehead atoms. The highest BCUT2D eigenvalue weighted by Crippen LogP contribution is 2.29. The number of aromatic nitrogens is 1. The van der Waals surface area contributed by atoms with Gasteiger partial charge in [0, 0.05) is 6.54 Å². The Labute approximate surface area is 94.8 Å². The summed E-state index contributed by atoms with van der Waals surface area (Å²) in [6, 6.07) is 3.16. The van der Waals surface area contributed by atoms with Crippen LogP contribution in [0.3, 0.4) is 0 Å². The van der Waals surface area contributed by atoms with Crippen molar-refractivity contribution in [3.8, 4) is 11.9 Å². The molecule has 0 fully saturated rings. The third-order valence-electron chi connectivity index (χ3n) is 1.85. The number of rotatable bonds is 3. The zero-order valence-corrected chi connectivity index (χ0v) is 8.58. The van der Waals surface area contributed by atoms with E-state index in [9.17, 15) is 13.2 Å². The molecule has 0 aliphatic rings. The standard InChI is InChI=1S/C9H9F3N4O/c10-9(11,12)17-8-7(15)5(1-2-13)3-6(4-14)16-8/h3H,1,4,14-15H2. The van der Waals surface area contributed by atoms with Crippen molar-refractivity contribution >= 4 is 5.69 Å². The van der Waals surface area contributed by atoms with Crippen LogP contribution < -0.4 is 16.2 Å². The summed E-state index contributed by atoms with van der Waals surface area (Å²) in [5.74, 6) is -0.772. The van der Waals surface area contributed by atoms with Crippen molar-refractivity contribution in [1.82, 2.24) is 4.98 Å². The maximum atomic E-state index is 12.1. The summed E-state index contributed by atoms with van der Waals surface area (Å²) in [6.07, 6.45) is -5.03. The summed E-state index contributed by atoms with van der Waals surface area (Å²) >= 11 is 0. The Hall–Kier alpha value is -2.01. The molecule has 1 heterocycles. The lowest BCUT2D eigenvalue weighted by Gasteiger charge is -2.13. The normalized spacial score (nSPS) is 11.0. The first-order valence-electron chi connectivity index (χ1n) is 4.48. The highest BCUT2D eigenvalue weighted by molar-refractivity contribution is 5.56. The number of nitrogens with two attached hydrogens (primary N) is 2. The molecule has 0 saturated carbocycles. The molecule has 17 heavy (non-hydrogen) atoms. The van der Waals surface area contributed by atoms with Crippen molar-refractivity contribution < 1.29 is 17.9 Å². The Morgan fingerprint density at radius 3 is 2.59 bits per heavy atom. The molecule has 0 spiro atoms. The molecule has 92 valence electrons. The number of hydrogen-bond acceptors (Lipinski definition) is 5. The molecular weight excluding hydrogens is 237 g/mol. The van der Waals surface area contributed by atoms with Crippen molar-refractivity contribution in [2.24, 2.45) is 5.73 Å². The van der Waals surface area contributed by atoms with Gasteiger partial charge < -0.3 is 16.2 Å². The van der Waals surface area contributed by atoms with Crippen LogP contribution >= 0.6 is 0 Å². The fourth-order valence-electron chi connectivity index (χ4n) is 1.16. The molecule has 0 atom stereocenters. The summed E-state index contributed by atoms with van der Waals surface area (Å²) < 4.78 is 39.8. The van der Waals surface area contributed by atoms with Gasteiger partial charge in [-0.25, -0.2) is 4.98 Å². The van der Waals surface area contributed by atoms with Gasteiger partial charge in [-0.15, -0.1) is 13.2 Å². The van der Waals surface area contributed by atoms with Crippen LogP contribution in [0.15, 0.2) is 6.07 Å². The van der Waals surface area contributed by atoms with E-state index in [1.807, 2.05) is 0 Å². The van der Waals surface area contributed by atoms with Gasteiger partial charge in [0.2, 0.25) is 5.88 Å². The summed E-state index contributed by atoms with van der Waals surface area (Å²) in [5, 5.41) is 8.51. The minimum atomic E-state index is -4.89. The van der Waals surface area contributed by atoms with Gasteiger partial charge in [0.25, 0.3) is 0 Å². The first-order chi connectivity index (χ1) is 7.87. The van der Waals surface area contributed by atoms with Crippen LogP contribution in [0.25, 0.3) is 0 Å². The predicted molar refractivity (Wildman–Crippen MR) is 52.5 cm³/mol. The van der Waals surface area contributed by atoms with E-state index in [1.165, 1.54) is 6.07 Å². The molecule has 8 heteroatoms. The topological polar surface area (TPSA) is 98.0 Å². The van der Waals surface area contributed by atoms with E-state index in [-0.39, 0.29) is 29.9 Å². The van der Waals surface area contributed by atoms with Gasteiger partial charge in [-0.2, -0.15) is 5.26 Å². The molecule has 0 unspecified atom stereocenters. The predicted octanol–water partition coefficient (Wildman–Crippen LogP) is 1.09. The third-order valence-corrected chi connectivity index (χ3v) is 1.85. The van der Waals surface area contributed by atoms with Crippen molar-refractivity contribution in [1.29, 1.82) is 5.26 Å². The highest BCUT2D eigenvalue weighted by Gasteiger charge is 2.33. The quantitative estimate of drug-likeness (QED) is 0.831. The van der Waals surface area contributed by atoms with E-state index in [4.69, 9.17) is 16.7 Å². The van der Waals surface area contributed by atoms with Gasteiger partial charge in [0.15, 0.2) is 0 Å². The second-order valence-corrected chi connectivity index (χ2v) is 3.08. The zero-order chi connectivity index (χ0) is 13.1. The fourth-order valence-corrected chi connectivity index (χ4v) is 1.16. The van der Waals surface area contributed by atoms with Crippen molar-refractivity contribution in [3.05, 3.63) is 17.3 Å². The first-order valence-corrected chi connectivity index (χ1v) is 4.48. The lowest BCUT2D eigenvalue weighted by molar-refractivity contribution is -0.275. The molecule has 1 rings (SSSR count). The van der Waals surface area contributed by atoms with E-state index in [0.717, 1.165) is 0 Å². The van der Waals surface area contributed by atoms with Crippen LogP contribution in [0, 0.1) is 11.3 Å². The number of nitrogen functional groups attached to an aromatic ring is 1. The van der Waals surface area contributed by atoms with Gasteiger partial charge in [-0.1, -0.05) is 0 Å². The van der Waals surface area contributed by atoms with Crippen LogP contribution in [0.2, 0.25) is 0 Å². The van der Waals surface area contributed by atoms with E-state index >= 15 is 0 Å². The second-order valence-electron chi connectivity index (χ2n) is 3.08. The monoisotopic (exact) mass is 246 g/mol. The van der Waals surface area contributed by atoms with E-state index in [1.54, 1.807) is 6.07 Å². The highest BCUT2D eigenvalue weighted by atomic mass is 19.4. The lowest BCUT2D eigenvalue weighted by Crippen LogP contribution is -2.20. The molecule has 1 aromatic heterocycles. The number of hydrogen-bond donors (Lipinski definition) is 2. The van der Waals surface area contributed by atoms with Crippen LogP contribution in [0.5, 0.6) is 5.88 Å². The molecule has 0 aliphatic carbocycles. The Morgan fingerprint density at radius 2 is 2.12 bits per heavy atom. The van der Waals surface area contributed by atoms with Crippen molar-refractivity contribution in [2.75, 3.05) is 5.73 Å². The smallest absolute Gasteiger partial charge is 0.394 e. The Bertz CT molecular complexity index is 453. The van der Waals surface area contributed by atoms with Crippen molar-refractivity contribution in [2.45, 2.75) is 19.3 Å². The SMILES string of the molecule is N#CCc1cc(CN)nc(OC(F)(F)F)c1N. The van der Waals surface area contributed by atoms with Crippen LogP contribution in [0.1, 0.15) is 11.3 Å². The minimum absolute atomic E-state index is 0.0765. The van der Waals surface area contributed by atoms with Gasteiger partial charge in [-0.3, -0.25) is 0 Å². The molecule has 0 radical (unpaired) electrons. The number of ether oxygens (including phenoxy) is 1. The largest absolute Gasteiger partial charge is 0.574 e. The Morgan fingerprint density at radius 1 is 1.47 bits per heavy atom. The summed E-state index contributed by atoms with van der Waals surface area (Å²) in [7, 11) is 0. The van der Waals surface area contributed by atoms with E-state index < -0.39 is 12.2 Å². The maximum absolute atomic E-state index is 12.1. The first kappa shape index (κ1) is 13.1. The second kappa shape index (κ2) is 4.88. The molecule has 5 nitrogen and oxygen atoms in total. The van der Waals surface area contributed by atoms with Gasteiger partial charge in [0.05, 0.1) is 23.9 Å². The molecule has 0 amide bonds. The van der Waals surface area contributed by atoms with Crippen LogP contribution in [-0.2, 0) is 13.0 Å². The van der Waals surface area contributed by atoms with Gasteiger partial charge in [-0.05, 0) is 11.6 Å². The number of halogens is 3. The Kier molecular flexibility index (Phi) is 3.75. The summed E-state index contributed by atoms with van der Waals surface area (Å²) in [5.41, 5.74) is 10.8. The number of nitrogens with zero attached hydrogens (tertiary/aromatic N) is 2. The fraction of sp³-hybridized carbons (Fsp3) is 0.333. The molecule has 0 aliphatic heterocycles. The molecular formula is C9H9F3N4O. The molecule has 0 saturated heterocycles. The summed E-state index contributed by atoms with van der Waals surface area (Å²) in [4.78, 5) is 3.52. The number of anilines is 1. The average molecular weight is 246 g/mol. The zero-order valence-electron chi connectivity index (χ0n) is 8.58. The van der Waals surface area contributed by atoms with E-state index in [2.05, 4.69) is 9.72 Å². The van der Waals surface area contributed by atoms with Crippen molar-refractivity contribution in [3.63, 3.8) is 0 Å². The lowest BCUT2D eigenvalue weighted by atomic mass is 10.1. The number of alkyl halides is 3. The minimum Gasteiger partial charge on any atom is -0.394 e. The average Bonchev–Trinajstić information content (AvgIpc) is 2.22. The number of nitriles is 1. The molecule has 1 aromatic rings. The van der Waals surface area contributed by atoms with Crippen LogP contribution in [-0.4, -0.2) is 11.3 Å². The maximum Gasteiger partial charge on any atom is 0.574 e. The summed E-state index contributed by atoms with van der Waals surface area (Å²) in [6.45, 7) is -0.0765.